The van der Waals surface area contributed by atoms with Gasteiger partial charge in [0.15, 0.2) is 0 Å². The van der Waals surface area contributed by atoms with E-state index in [2.05, 4.69) is 20.9 Å². The van der Waals surface area contributed by atoms with E-state index in [4.69, 9.17) is 9.84 Å². The maximum Gasteiger partial charge on any atom is 0.335 e. The summed E-state index contributed by atoms with van der Waals surface area (Å²) in [7, 11) is 0. The predicted octanol–water partition coefficient (Wildman–Crippen LogP) is 3.12. The van der Waals surface area contributed by atoms with Crippen LogP contribution in [0.15, 0.2) is 47.2 Å². The first-order valence-corrected chi connectivity index (χ1v) is 6.00. The summed E-state index contributed by atoms with van der Waals surface area (Å²) in [5, 5.41) is 8.85. The molecule has 2 rings (SSSR count). The van der Waals surface area contributed by atoms with Crippen LogP contribution in [-0.4, -0.2) is 16.1 Å². The molecule has 0 fully saturated rings. The average Bonchev–Trinajstić information content (AvgIpc) is 2.38. The molecule has 0 unspecified atom stereocenters. The van der Waals surface area contributed by atoms with Crippen molar-refractivity contribution in [2.75, 3.05) is 0 Å². The average molecular weight is 308 g/mol. The number of nitrogens with zero attached hydrogens (tertiary/aromatic N) is 1. The summed E-state index contributed by atoms with van der Waals surface area (Å²) in [5.41, 5.74) is 1.12. The maximum atomic E-state index is 10.8. The van der Waals surface area contributed by atoms with Crippen molar-refractivity contribution in [3.63, 3.8) is 0 Å². The number of halogens is 1. The second kappa shape index (κ2) is 5.64. The number of carboxylic acids is 1. The van der Waals surface area contributed by atoms with E-state index in [-0.39, 0.29) is 5.56 Å². The second-order valence-corrected chi connectivity index (χ2v) is 4.44. The van der Waals surface area contributed by atoms with Crippen LogP contribution < -0.4 is 4.74 Å². The zero-order valence-electron chi connectivity index (χ0n) is 9.34. The molecule has 1 aromatic carbocycles. The maximum absolute atomic E-state index is 10.8. The number of hydrogen-bond acceptors (Lipinski definition) is 3. The Hall–Kier alpha value is -1.88. The Bertz CT molecular complexity index is 557. The van der Waals surface area contributed by atoms with Gasteiger partial charge in [-0.05, 0) is 24.3 Å². The van der Waals surface area contributed by atoms with E-state index in [0.717, 1.165) is 5.56 Å². The van der Waals surface area contributed by atoms with Crippen LogP contribution in [0.1, 0.15) is 15.9 Å². The van der Waals surface area contributed by atoms with Crippen LogP contribution in [-0.2, 0) is 6.61 Å². The molecule has 0 aliphatic rings. The van der Waals surface area contributed by atoms with Gasteiger partial charge in [0.2, 0.25) is 0 Å². The fourth-order valence-corrected chi connectivity index (χ4v) is 1.88. The molecule has 1 aromatic heterocycles. The Balaban J connectivity index is 2.08. The van der Waals surface area contributed by atoms with Gasteiger partial charge >= 0.3 is 5.97 Å². The first-order valence-electron chi connectivity index (χ1n) is 5.21. The summed E-state index contributed by atoms with van der Waals surface area (Å²) in [6.45, 7) is 0.353. The third-order valence-electron chi connectivity index (χ3n) is 2.33. The Labute approximate surface area is 112 Å². The highest BCUT2D eigenvalue weighted by Crippen LogP contribution is 2.20. The van der Waals surface area contributed by atoms with Crippen molar-refractivity contribution in [3.8, 4) is 5.75 Å². The van der Waals surface area contributed by atoms with Gasteiger partial charge in [0.05, 0.1) is 11.8 Å². The SMILES string of the molecule is O=C(O)c1ccc(COc2cccnc2)c(Br)c1. The van der Waals surface area contributed by atoms with Crippen LogP contribution in [0.5, 0.6) is 5.75 Å². The molecule has 0 saturated heterocycles. The summed E-state index contributed by atoms with van der Waals surface area (Å²) in [6, 6.07) is 8.44. The second-order valence-electron chi connectivity index (χ2n) is 3.59. The van der Waals surface area contributed by atoms with Crippen molar-refractivity contribution in [3.05, 3.63) is 58.3 Å². The molecule has 1 heterocycles. The zero-order chi connectivity index (χ0) is 13.0. The van der Waals surface area contributed by atoms with Crippen LogP contribution >= 0.6 is 15.9 Å². The summed E-state index contributed by atoms with van der Waals surface area (Å²) in [6.07, 6.45) is 3.30. The third kappa shape index (κ3) is 3.07. The Kier molecular flexibility index (Phi) is 3.94. The lowest BCUT2D eigenvalue weighted by atomic mass is 10.1. The molecule has 2 aromatic rings. The highest BCUT2D eigenvalue weighted by atomic mass is 79.9. The highest BCUT2D eigenvalue weighted by Gasteiger charge is 2.07. The minimum Gasteiger partial charge on any atom is -0.487 e. The summed E-state index contributed by atoms with van der Waals surface area (Å²) in [5.74, 6) is -0.276. The summed E-state index contributed by atoms with van der Waals surface area (Å²) >= 11 is 3.33. The van der Waals surface area contributed by atoms with Crippen LogP contribution in [0.3, 0.4) is 0 Å². The quantitative estimate of drug-likeness (QED) is 0.943. The predicted molar refractivity (Wildman–Crippen MR) is 69.7 cm³/mol. The van der Waals surface area contributed by atoms with Gasteiger partial charge in [-0.3, -0.25) is 4.98 Å². The van der Waals surface area contributed by atoms with Gasteiger partial charge < -0.3 is 9.84 Å². The minimum absolute atomic E-state index is 0.243. The number of hydrogen-bond donors (Lipinski definition) is 1. The molecule has 18 heavy (non-hydrogen) atoms. The molecule has 1 N–H and O–H groups in total. The first-order chi connectivity index (χ1) is 8.66. The topological polar surface area (TPSA) is 59.4 Å². The number of ether oxygens (including phenoxy) is 1. The van der Waals surface area contributed by atoms with Gasteiger partial charge in [0.25, 0.3) is 0 Å². The molecule has 0 radical (unpaired) electrons. The molecule has 4 nitrogen and oxygen atoms in total. The monoisotopic (exact) mass is 307 g/mol. The lowest BCUT2D eigenvalue weighted by Crippen LogP contribution is -2.00. The first kappa shape index (κ1) is 12.6. The molecule has 0 bridgehead atoms. The summed E-state index contributed by atoms with van der Waals surface area (Å²) in [4.78, 5) is 14.7. The van der Waals surface area contributed by atoms with E-state index in [0.29, 0.717) is 16.8 Å². The lowest BCUT2D eigenvalue weighted by Gasteiger charge is -2.08. The van der Waals surface area contributed by atoms with E-state index < -0.39 is 5.97 Å². The van der Waals surface area contributed by atoms with E-state index in [1.54, 1.807) is 36.7 Å². The standard InChI is InChI=1S/C13H10BrNO3/c14-12-6-9(13(16)17)3-4-10(12)8-18-11-2-1-5-15-7-11/h1-7H,8H2,(H,16,17). The molecule has 0 atom stereocenters. The number of carboxylic acid groups (broad SMARTS) is 1. The molecule has 0 saturated carbocycles. The zero-order valence-corrected chi connectivity index (χ0v) is 10.9. The molecule has 0 amide bonds. The number of carbonyl (C=O) groups is 1. The van der Waals surface area contributed by atoms with Crippen molar-refractivity contribution >= 4 is 21.9 Å². The van der Waals surface area contributed by atoms with Gasteiger partial charge in [0.1, 0.15) is 12.4 Å². The number of pyridine rings is 1. The molecule has 92 valence electrons. The van der Waals surface area contributed by atoms with E-state index in [1.807, 2.05) is 6.07 Å². The van der Waals surface area contributed by atoms with Gasteiger partial charge in [-0.2, -0.15) is 0 Å². The fraction of sp³-hybridized carbons (Fsp3) is 0.0769. The summed E-state index contributed by atoms with van der Waals surface area (Å²) < 4.78 is 6.25. The fourth-order valence-electron chi connectivity index (χ4n) is 1.39. The molecule has 0 spiro atoms. The van der Waals surface area contributed by atoms with Crippen molar-refractivity contribution < 1.29 is 14.6 Å². The minimum atomic E-state index is -0.949. The van der Waals surface area contributed by atoms with Crippen molar-refractivity contribution in [2.45, 2.75) is 6.61 Å². The molecule has 0 aliphatic carbocycles. The lowest BCUT2D eigenvalue weighted by molar-refractivity contribution is 0.0696. The number of aromatic nitrogens is 1. The number of benzene rings is 1. The van der Waals surface area contributed by atoms with Gasteiger partial charge in [0, 0.05) is 16.2 Å². The van der Waals surface area contributed by atoms with Gasteiger partial charge in [-0.1, -0.05) is 22.0 Å². The molecule has 0 aliphatic heterocycles. The van der Waals surface area contributed by atoms with E-state index in [9.17, 15) is 4.79 Å². The normalized spacial score (nSPS) is 10.1. The van der Waals surface area contributed by atoms with E-state index >= 15 is 0 Å². The van der Waals surface area contributed by atoms with Crippen LogP contribution in [0.4, 0.5) is 0 Å². The molecular weight excluding hydrogens is 298 g/mol. The highest BCUT2D eigenvalue weighted by molar-refractivity contribution is 9.10. The van der Waals surface area contributed by atoms with Gasteiger partial charge in [-0.25, -0.2) is 4.79 Å². The Morgan fingerprint density at radius 3 is 2.83 bits per heavy atom. The number of aromatic carboxylic acids is 1. The van der Waals surface area contributed by atoms with E-state index in [1.165, 1.54) is 0 Å². The van der Waals surface area contributed by atoms with Crippen molar-refractivity contribution in [1.29, 1.82) is 0 Å². The van der Waals surface area contributed by atoms with Crippen LogP contribution in [0.2, 0.25) is 0 Å². The Morgan fingerprint density at radius 2 is 2.22 bits per heavy atom. The number of rotatable bonds is 4. The Morgan fingerprint density at radius 1 is 1.39 bits per heavy atom. The smallest absolute Gasteiger partial charge is 0.335 e. The molecule has 5 heteroatoms. The van der Waals surface area contributed by atoms with Crippen molar-refractivity contribution in [2.24, 2.45) is 0 Å². The largest absolute Gasteiger partial charge is 0.487 e. The third-order valence-corrected chi connectivity index (χ3v) is 3.07. The van der Waals surface area contributed by atoms with Crippen LogP contribution in [0.25, 0.3) is 0 Å². The van der Waals surface area contributed by atoms with Crippen LogP contribution in [0, 0.1) is 0 Å². The van der Waals surface area contributed by atoms with Crippen molar-refractivity contribution in [1.82, 2.24) is 4.98 Å². The molecular formula is C13H10BrNO3. The van der Waals surface area contributed by atoms with Gasteiger partial charge in [-0.15, -0.1) is 0 Å².